The second-order valence-electron chi connectivity index (χ2n) is 7.65. The first-order valence-electron chi connectivity index (χ1n) is 10.3. The number of nitrogens with one attached hydrogen (secondary N) is 1. The lowest BCUT2D eigenvalue weighted by molar-refractivity contribution is -0.138. The molecule has 0 aromatic heterocycles. The number of carbonyl (C=O) groups is 1. The van der Waals surface area contributed by atoms with E-state index in [4.69, 9.17) is 26.8 Å². The smallest absolute Gasteiger partial charge is 0.416 e. The van der Waals surface area contributed by atoms with Crippen molar-refractivity contribution in [2.45, 2.75) is 23.5 Å². The first-order valence-corrected chi connectivity index (χ1v) is 12.2. The van der Waals surface area contributed by atoms with Crippen molar-refractivity contribution in [3.8, 4) is 11.5 Å². The summed E-state index contributed by atoms with van der Waals surface area (Å²) in [6.07, 6.45) is -4.90. The van der Waals surface area contributed by atoms with E-state index in [0.29, 0.717) is 0 Å². The zero-order valence-electron chi connectivity index (χ0n) is 19.1. The standard InChI is InChI=1S/C24H22ClF3N2O5S/c1-34-20-10-8-17(13-21(20)35-2)36(32,33)30-22(23(29)31)18-9-7-16(25)12-15(18)11-14-5-3-4-6-19(14)24(26,27)28/h3-10,12-13,22,30H,11H2,1-2H3,(H2,29,31). The lowest BCUT2D eigenvalue weighted by Crippen LogP contribution is -2.38. The Hall–Kier alpha value is -3.28. The van der Waals surface area contributed by atoms with Crippen molar-refractivity contribution in [2.75, 3.05) is 14.2 Å². The summed E-state index contributed by atoms with van der Waals surface area (Å²) < 4.78 is 79.3. The van der Waals surface area contributed by atoms with Crippen LogP contribution in [-0.2, 0) is 27.4 Å². The minimum absolute atomic E-state index is 0.0629. The van der Waals surface area contributed by atoms with Crippen LogP contribution in [0.3, 0.4) is 0 Å². The predicted octanol–water partition coefficient (Wildman–Crippen LogP) is 4.47. The zero-order chi connectivity index (χ0) is 26.7. The Morgan fingerprint density at radius 1 is 1.00 bits per heavy atom. The van der Waals surface area contributed by atoms with Crippen LogP contribution >= 0.6 is 11.6 Å². The van der Waals surface area contributed by atoms with E-state index in [-0.39, 0.29) is 44.5 Å². The van der Waals surface area contributed by atoms with Crippen molar-refractivity contribution in [1.29, 1.82) is 0 Å². The average molecular weight is 543 g/mol. The highest BCUT2D eigenvalue weighted by molar-refractivity contribution is 7.89. The van der Waals surface area contributed by atoms with Gasteiger partial charge < -0.3 is 15.2 Å². The van der Waals surface area contributed by atoms with Gasteiger partial charge in [0.1, 0.15) is 6.04 Å². The van der Waals surface area contributed by atoms with E-state index in [1.54, 1.807) is 0 Å². The summed E-state index contributed by atoms with van der Waals surface area (Å²) >= 11 is 6.09. The lowest BCUT2D eigenvalue weighted by Gasteiger charge is -2.21. The fraction of sp³-hybridized carbons (Fsp3) is 0.208. The number of nitrogens with two attached hydrogens (primary N) is 1. The number of halogens is 4. The largest absolute Gasteiger partial charge is 0.493 e. The van der Waals surface area contributed by atoms with E-state index in [1.807, 2.05) is 0 Å². The van der Waals surface area contributed by atoms with Crippen LogP contribution in [0.1, 0.15) is 28.3 Å². The summed E-state index contributed by atoms with van der Waals surface area (Å²) in [6.45, 7) is 0. The van der Waals surface area contributed by atoms with Gasteiger partial charge in [0.25, 0.3) is 0 Å². The molecule has 192 valence electrons. The lowest BCUT2D eigenvalue weighted by atomic mass is 9.93. The summed E-state index contributed by atoms with van der Waals surface area (Å²) in [7, 11) is -1.63. The monoisotopic (exact) mass is 542 g/mol. The van der Waals surface area contributed by atoms with Gasteiger partial charge in [-0.05, 0) is 53.4 Å². The third kappa shape index (κ3) is 6.10. The number of rotatable bonds is 9. The molecule has 0 aliphatic carbocycles. The summed E-state index contributed by atoms with van der Waals surface area (Å²) in [6, 6.07) is 11.2. The van der Waals surface area contributed by atoms with Gasteiger partial charge in [-0.25, -0.2) is 8.42 Å². The van der Waals surface area contributed by atoms with Crippen molar-refractivity contribution >= 4 is 27.5 Å². The van der Waals surface area contributed by atoms with E-state index in [9.17, 15) is 26.4 Å². The number of amides is 1. The molecule has 0 heterocycles. The number of sulfonamides is 1. The van der Waals surface area contributed by atoms with Crippen LogP contribution in [0, 0.1) is 0 Å². The van der Waals surface area contributed by atoms with E-state index in [0.717, 1.165) is 6.07 Å². The summed E-state index contributed by atoms with van der Waals surface area (Å²) in [4.78, 5) is 12.1. The first-order chi connectivity index (χ1) is 16.9. The second-order valence-corrected chi connectivity index (χ2v) is 9.80. The van der Waals surface area contributed by atoms with Crippen LogP contribution in [0.5, 0.6) is 11.5 Å². The molecule has 0 saturated carbocycles. The summed E-state index contributed by atoms with van der Waals surface area (Å²) in [5.74, 6) is -0.648. The maximum Gasteiger partial charge on any atom is 0.416 e. The van der Waals surface area contributed by atoms with Crippen molar-refractivity contribution in [2.24, 2.45) is 5.73 Å². The predicted molar refractivity (Wildman–Crippen MR) is 128 cm³/mol. The Labute approximate surface area is 211 Å². The Morgan fingerprint density at radius 3 is 2.28 bits per heavy atom. The average Bonchev–Trinajstić information content (AvgIpc) is 2.82. The number of ether oxygens (including phenoxy) is 2. The molecule has 0 aliphatic rings. The van der Waals surface area contributed by atoms with Gasteiger partial charge in [-0.2, -0.15) is 17.9 Å². The van der Waals surface area contributed by atoms with Crippen molar-refractivity contribution in [3.63, 3.8) is 0 Å². The molecule has 0 aliphatic heterocycles. The molecule has 3 rings (SSSR count). The third-order valence-corrected chi connectivity index (χ3v) is 7.00. The SMILES string of the molecule is COc1ccc(S(=O)(=O)NC(C(N)=O)c2ccc(Cl)cc2Cc2ccccc2C(F)(F)F)cc1OC. The molecule has 12 heteroatoms. The third-order valence-electron chi connectivity index (χ3n) is 5.34. The quantitative estimate of drug-likeness (QED) is 0.415. The maximum absolute atomic E-state index is 13.5. The van der Waals surface area contributed by atoms with Gasteiger partial charge in [0.15, 0.2) is 11.5 Å². The number of primary amides is 1. The van der Waals surface area contributed by atoms with E-state index in [1.165, 1.54) is 68.8 Å². The van der Waals surface area contributed by atoms with Gasteiger partial charge in [0, 0.05) is 11.1 Å². The molecular formula is C24H22ClF3N2O5S. The topological polar surface area (TPSA) is 108 Å². The van der Waals surface area contributed by atoms with Gasteiger partial charge in [-0.3, -0.25) is 4.79 Å². The Kier molecular flexibility index (Phi) is 8.17. The highest BCUT2D eigenvalue weighted by Crippen LogP contribution is 2.35. The van der Waals surface area contributed by atoms with E-state index < -0.39 is 33.7 Å². The zero-order valence-corrected chi connectivity index (χ0v) is 20.7. The van der Waals surface area contributed by atoms with Gasteiger partial charge in [-0.15, -0.1) is 0 Å². The number of alkyl halides is 3. The number of methoxy groups -OCH3 is 2. The Balaban J connectivity index is 2.05. The van der Waals surface area contributed by atoms with Crippen LogP contribution < -0.4 is 19.9 Å². The van der Waals surface area contributed by atoms with Gasteiger partial charge in [-0.1, -0.05) is 35.9 Å². The summed E-state index contributed by atoms with van der Waals surface area (Å²) in [5.41, 5.74) is 4.84. The number of hydrogen-bond acceptors (Lipinski definition) is 5. The van der Waals surface area contributed by atoms with Crippen molar-refractivity contribution < 1.29 is 35.9 Å². The number of carbonyl (C=O) groups excluding carboxylic acids is 1. The molecule has 3 aromatic carbocycles. The second kappa shape index (κ2) is 10.8. The molecule has 0 radical (unpaired) electrons. The Bertz CT molecular complexity index is 1380. The normalized spacial score (nSPS) is 12.7. The highest BCUT2D eigenvalue weighted by atomic mass is 35.5. The number of hydrogen-bond donors (Lipinski definition) is 2. The van der Waals surface area contributed by atoms with Crippen LogP contribution in [0.2, 0.25) is 5.02 Å². The number of benzene rings is 3. The van der Waals surface area contributed by atoms with Gasteiger partial charge in [0.05, 0.1) is 24.7 Å². The molecular weight excluding hydrogens is 521 g/mol. The van der Waals surface area contributed by atoms with Crippen LogP contribution in [-0.4, -0.2) is 28.5 Å². The molecule has 7 nitrogen and oxygen atoms in total. The molecule has 1 amide bonds. The first kappa shape index (κ1) is 27.3. The molecule has 3 N–H and O–H groups in total. The molecule has 1 atom stereocenters. The van der Waals surface area contributed by atoms with Gasteiger partial charge in [0.2, 0.25) is 15.9 Å². The Morgan fingerprint density at radius 2 is 1.67 bits per heavy atom. The van der Waals surface area contributed by atoms with Crippen LogP contribution in [0.4, 0.5) is 13.2 Å². The highest BCUT2D eigenvalue weighted by Gasteiger charge is 2.34. The van der Waals surface area contributed by atoms with Crippen molar-refractivity contribution in [3.05, 3.63) is 87.9 Å². The van der Waals surface area contributed by atoms with Gasteiger partial charge >= 0.3 is 6.18 Å². The van der Waals surface area contributed by atoms with Crippen LogP contribution in [0.25, 0.3) is 0 Å². The molecule has 0 saturated heterocycles. The van der Waals surface area contributed by atoms with Crippen LogP contribution in [0.15, 0.2) is 65.6 Å². The fourth-order valence-corrected chi connectivity index (χ4v) is 5.04. The molecule has 1 unspecified atom stereocenters. The summed E-state index contributed by atoms with van der Waals surface area (Å²) in [5, 5.41) is 0.184. The minimum atomic E-state index is -4.62. The van der Waals surface area contributed by atoms with E-state index >= 15 is 0 Å². The van der Waals surface area contributed by atoms with Crippen molar-refractivity contribution in [1.82, 2.24) is 4.72 Å². The molecule has 0 fully saturated rings. The molecule has 36 heavy (non-hydrogen) atoms. The molecule has 3 aromatic rings. The fourth-order valence-electron chi connectivity index (χ4n) is 3.65. The van der Waals surface area contributed by atoms with E-state index in [2.05, 4.69) is 4.72 Å². The molecule has 0 bridgehead atoms. The maximum atomic E-state index is 13.5. The molecule has 0 spiro atoms. The minimum Gasteiger partial charge on any atom is -0.493 e.